The predicted octanol–water partition coefficient (Wildman–Crippen LogP) is 2.45. The number of nitrogens with zero attached hydrogens (tertiary/aromatic N) is 3. The van der Waals surface area contributed by atoms with E-state index in [2.05, 4.69) is 47.0 Å². The molecule has 6 nitrogen and oxygen atoms in total. The highest BCUT2D eigenvalue weighted by molar-refractivity contribution is 6.06. The average Bonchev–Trinajstić information content (AvgIpc) is 2.87. The third-order valence-corrected chi connectivity index (χ3v) is 4.50. The molecule has 0 aliphatic carbocycles. The monoisotopic (exact) mass is 311 g/mol. The average molecular weight is 311 g/mol. The van der Waals surface area contributed by atoms with Crippen LogP contribution in [-0.4, -0.2) is 35.1 Å². The number of rotatable bonds is 1. The lowest BCUT2D eigenvalue weighted by Crippen LogP contribution is -2.54. The molecule has 0 saturated carbocycles. The zero-order valence-corrected chi connectivity index (χ0v) is 13.6. The Morgan fingerprint density at radius 3 is 2.96 bits per heavy atom. The van der Waals surface area contributed by atoms with Crippen LogP contribution in [-0.2, 0) is 0 Å². The highest BCUT2D eigenvalue weighted by Crippen LogP contribution is 2.35. The quantitative estimate of drug-likeness (QED) is 0.718. The number of benzene rings is 1. The number of hydrogen-bond donors (Lipinski definition) is 2. The lowest BCUT2D eigenvalue weighted by atomic mass is 10.1. The standard InChI is InChI=1S/C17H21N5O/c1-9-4-5-13-12(6-9)14-15(23-13)16(21-17(18)20-14)22-8-10(2)19-7-11(22)3/h4-6,10-11,19H,7-8H2,1-3H3,(H2,18,20,21)/t10-,11+/m1/s1. The first-order chi connectivity index (χ1) is 11.0. The highest BCUT2D eigenvalue weighted by Gasteiger charge is 2.27. The number of nitrogen functional groups attached to an aromatic ring is 1. The van der Waals surface area contributed by atoms with E-state index in [1.807, 2.05) is 12.1 Å². The second kappa shape index (κ2) is 5.09. The minimum Gasteiger partial charge on any atom is -0.450 e. The van der Waals surface area contributed by atoms with Gasteiger partial charge in [0.25, 0.3) is 0 Å². The van der Waals surface area contributed by atoms with Crippen LogP contribution in [0, 0.1) is 6.92 Å². The third-order valence-electron chi connectivity index (χ3n) is 4.50. The number of furan rings is 1. The fourth-order valence-electron chi connectivity index (χ4n) is 3.27. The van der Waals surface area contributed by atoms with Crippen LogP contribution >= 0.6 is 0 Å². The summed E-state index contributed by atoms with van der Waals surface area (Å²) in [7, 11) is 0. The normalized spacial score (nSPS) is 22.1. The molecule has 23 heavy (non-hydrogen) atoms. The van der Waals surface area contributed by atoms with Gasteiger partial charge in [-0.25, -0.2) is 4.98 Å². The minimum absolute atomic E-state index is 0.287. The molecule has 0 unspecified atom stereocenters. The summed E-state index contributed by atoms with van der Waals surface area (Å²) < 4.78 is 6.09. The van der Waals surface area contributed by atoms with Gasteiger partial charge in [-0.15, -0.1) is 0 Å². The Morgan fingerprint density at radius 2 is 2.13 bits per heavy atom. The van der Waals surface area contributed by atoms with Crippen LogP contribution in [0.25, 0.3) is 22.1 Å². The fraction of sp³-hybridized carbons (Fsp3) is 0.412. The Bertz CT molecular complexity index is 887. The van der Waals surface area contributed by atoms with Crippen molar-refractivity contribution in [3.63, 3.8) is 0 Å². The van der Waals surface area contributed by atoms with Gasteiger partial charge in [0.1, 0.15) is 11.1 Å². The van der Waals surface area contributed by atoms with Gasteiger partial charge >= 0.3 is 0 Å². The first-order valence-electron chi connectivity index (χ1n) is 7.99. The zero-order chi connectivity index (χ0) is 16.1. The van der Waals surface area contributed by atoms with E-state index < -0.39 is 0 Å². The number of nitrogens with one attached hydrogen (secondary N) is 1. The summed E-state index contributed by atoms with van der Waals surface area (Å²) in [4.78, 5) is 11.2. The van der Waals surface area contributed by atoms with Crippen LogP contribution in [0.1, 0.15) is 19.4 Å². The highest BCUT2D eigenvalue weighted by atomic mass is 16.3. The Labute approximate surface area is 134 Å². The van der Waals surface area contributed by atoms with E-state index in [4.69, 9.17) is 10.2 Å². The number of fused-ring (bicyclic) bond motifs is 3. The Hall–Kier alpha value is -2.34. The molecule has 1 aromatic carbocycles. The molecule has 0 bridgehead atoms. The maximum Gasteiger partial charge on any atom is 0.222 e. The Kier molecular flexibility index (Phi) is 3.16. The summed E-state index contributed by atoms with van der Waals surface area (Å²) >= 11 is 0. The summed E-state index contributed by atoms with van der Waals surface area (Å²) in [5.41, 5.74) is 9.50. The van der Waals surface area contributed by atoms with Gasteiger partial charge in [-0.2, -0.15) is 4.98 Å². The van der Waals surface area contributed by atoms with Crippen molar-refractivity contribution in [2.75, 3.05) is 23.7 Å². The molecule has 0 spiro atoms. The molecule has 2 aromatic heterocycles. The van der Waals surface area contributed by atoms with Crippen molar-refractivity contribution in [2.45, 2.75) is 32.9 Å². The zero-order valence-electron chi connectivity index (χ0n) is 13.6. The summed E-state index contributed by atoms with van der Waals surface area (Å²) in [5.74, 6) is 1.08. The van der Waals surface area contributed by atoms with Crippen molar-refractivity contribution in [1.82, 2.24) is 15.3 Å². The molecule has 3 heterocycles. The first-order valence-corrected chi connectivity index (χ1v) is 7.99. The molecule has 6 heteroatoms. The van der Waals surface area contributed by atoms with Crippen LogP contribution in [0.3, 0.4) is 0 Å². The summed E-state index contributed by atoms with van der Waals surface area (Å²) in [5, 5.41) is 4.47. The first kappa shape index (κ1) is 14.3. The molecule has 1 saturated heterocycles. The van der Waals surface area contributed by atoms with Crippen molar-refractivity contribution in [3.05, 3.63) is 23.8 Å². The third kappa shape index (κ3) is 2.30. The van der Waals surface area contributed by atoms with Gasteiger partial charge < -0.3 is 20.4 Å². The topological polar surface area (TPSA) is 80.2 Å². The maximum absolute atomic E-state index is 6.09. The summed E-state index contributed by atoms with van der Waals surface area (Å²) in [6, 6.07) is 6.82. The maximum atomic E-state index is 6.09. The van der Waals surface area contributed by atoms with Crippen molar-refractivity contribution >= 4 is 33.8 Å². The van der Waals surface area contributed by atoms with Crippen LogP contribution in [0.5, 0.6) is 0 Å². The molecule has 1 fully saturated rings. The van der Waals surface area contributed by atoms with Crippen LogP contribution < -0.4 is 16.0 Å². The lowest BCUT2D eigenvalue weighted by Gasteiger charge is -2.38. The molecular weight excluding hydrogens is 290 g/mol. The van der Waals surface area contributed by atoms with E-state index in [1.54, 1.807) is 0 Å². The number of piperazine rings is 1. The van der Waals surface area contributed by atoms with E-state index in [0.717, 1.165) is 41.0 Å². The van der Waals surface area contributed by atoms with Gasteiger partial charge in [-0.1, -0.05) is 11.6 Å². The Morgan fingerprint density at radius 1 is 1.30 bits per heavy atom. The number of aromatic nitrogens is 2. The van der Waals surface area contributed by atoms with E-state index >= 15 is 0 Å². The molecule has 0 amide bonds. The van der Waals surface area contributed by atoms with Crippen molar-refractivity contribution < 1.29 is 4.42 Å². The van der Waals surface area contributed by atoms with Gasteiger partial charge in [-0.3, -0.25) is 0 Å². The number of hydrogen-bond acceptors (Lipinski definition) is 6. The van der Waals surface area contributed by atoms with Crippen molar-refractivity contribution in [2.24, 2.45) is 0 Å². The predicted molar refractivity (Wildman–Crippen MR) is 92.7 cm³/mol. The molecule has 2 atom stereocenters. The summed E-state index contributed by atoms with van der Waals surface area (Å²) in [6.45, 7) is 8.18. The van der Waals surface area contributed by atoms with Crippen molar-refractivity contribution in [3.8, 4) is 0 Å². The number of aryl methyl sites for hydroxylation is 1. The summed E-state index contributed by atoms with van der Waals surface area (Å²) in [6.07, 6.45) is 0. The molecule has 3 N–H and O–H groups in total. The molecule has 1 aliphatic rings. The number of anilines is 2. The SMILES string of the molecule is Cc1ccc2oc3c(N4C[C@@H](C)NC[C@@H]4C)nc(N)nc3c2c1. The second-order valence-electron chi connectivity index (χ2n) is 6.50. The van der Waals surface area contributed by atoms with E-state index in [1.165, 1.54) is 5.56 Å². The van der Waals surface area contributed by atoms with Crippen LogP contribution in [0.15, 0.2) is 22.6 Å². The van der Waals surface area contributed by atoms with E-state index in [0.29, 0.717) is 12.1 Å². The Balaban J connectivity index is 1.97. The molecule has 4 rings (SSSR count). The van der Waals surface area contributed by atoms with E-state index in [-0.39, 0.29) is 5.95 Å². The van der Waals surface area contributed by atoms with Crippen molar-refractivity contribution in [1.29, 1.82) is 0 Å². The molecule has 0 radical (unpaired) electrons. The van der Waals surface area contributed by atoms with Crippen LogP contribution in [0.2, 0.25) is 0 Å². The molecule has 3 aromatic rings. The number of nitrogens with two attached hydrogens (primary N) is 1. The van der Waals surface area contributed by atoms with Gasteiger partial charge in [0.2, 0.25) is 5.95 Å². The van der Waals surface area contributed by atoms with Gasteiger partial charge in [0.15, 0.2) is 11.4 Å². The largest absolute Gasteiger partial charge is 0.450 e. The molecule has 1 aliphatic heterocycles. The smallest absolute Gasteiger partial charge is 0.222 e. The van der Waals surface area contributed by atoms with E-state index in [9.17, 15) is 0 Å². The molecular formula is C17H21N5O. The minimum atomic E-state index is 0.287. The second-order valence-corrected chi connectivity index (χ2v) is 6.50. The van der Waals surface area contributed by atoms with Gasteiger partial charge in [0, 0.05) is 30.6 Å². The lowest BCUT2D eigenvalue weighted by molar-refractivity contribution is 0.422. The van der Waals surface area contributed by atoms with Crippen LogP contribution in [0.4, 0.5) is 11.8 Å². The fourth-order valence-corrected chi connectivity index (χ4v) is 3.27. The van der Waals surface area contributed by atoms with Gasteiger partial charge in [-0.05, 0) is 32.9 Å². The van der Waals surface area contributed by atoms with Gasteiger partial charge in [0.05, 0.1) is 0 Å². The molecule has 120 valence electrons.